The Hall–Kier alpha value is -2.68. The summed E-state index contributed by atoms with van der Waals surface area (Å²) < 4.78 is 23.7. The highest BCUT2D eigenvalue weighted by atomic mass is 32.2. The molecule has 2 aromatic rings. The van der Waals surface area contributed by atoms with E-state index in [-0.39, 0.29) is 10.6 Å². The number of hydrazone groups is 1. The van der Waals surface area contributed by atoms with Crippen molar-refractivity contribution in [2.45, 2.75) is 4.90 Å². The normalized spacial score (nSPS) is 11.6. The first-order valence-corrected chi connectivity index (χ1v) is 6.90. The first-order chi connectivity index (χ1) is 9.49. The lowest BCUT2D eigenvalue weighted by molar-refractivity contribution is -0.384. The average molecular weight is 294 g/mol. The molecule has 0 aliphatic heterocycles. The Balaban J connectivity index is 2.12. The molecule has 0 radical (unpaired) electrons. The van der Waals surface area contributed by atoms with Crippen LogP contribution in [0.25, 0.3) is 0 Å². The number of H-pyrrole nitrogens is 1. The Morgan fingerprint density at radius 2 is 1.95 bits per heavy atom. The largest absolute Gasteiger partial charge is 0.360 e. The van der Waals surface area contributed by atoms with Crippen LogP contribution >= 0.6 is 0 Å². The molecule has 9 heteroatoms. The van der Waals surface area contributed by atoms with Gasteiger partial charge in [-0.1, -0.05) is 0 Å². The number of hydrogen-bond acceptors (Lipinski definition) is 5. The van der Waals surface area contributed by atoms with Gasteiger partial charge in [-0.3, -0.25) is 10.1 Å². The van der Waals surface area contributed by atoms with Gasteiger partial charge in [-0.05, 0) is 24.3 Å². The molecule has 8 nitrogen and oxygen atoms in total. The Labute approximate surface area is 114 Å². The summed E-state index contributed by atoms with van der Waals surface area (Å²) >= 11 is 0. The van der Waals surface area contributed by atoms with Crippen molar-refractivity contribution in [3.63, 3.8) is 0 Å². The van der Waals surface area contributed by atoms with Gasteiger partial charge in [0.1, 0.15) is 0 Å². The molecule has 2 rings (SSSR count). The summed E-state index contributed by atoms with van der Waals surface area (Å²) in [4.78, 5) is 14.6. The average Bonchev–Trinajstić information content (AvgIpc) is 2.92. The van der Waals surface area contributed by atoms with Crippen molar-refractivity contribution < 1.29 is 13.3 Å². The Bertz CT molecular complexity index is 720. The van der Waals surface area contributed by atoms with E-state index in [9.17, 15) is 18.5 Å². The molecule has 0 amide bonds. The topological polar surface area (TPSA) is 117 Å². The third-order valence-electron chi connectivity index (χ3n) is 2.36. The molecule has 0 bridgehead atoms. The number of aromatic nitrogens is 1. The number of benzene rings is 1. The van der Waals surface area contributed by atoms with Crippen molar-refractivity contribution in [3.8, 4) is 0 Å². The number of rotatable bonds is 5. The highest BCUT2D eigenvalue weighted by Gasteiger charge is 2.14. The van der Waals surface area contributed by atoms with Crippen molar-refractivity contribution in [2.75, 3.05) is 0 Å². The molecule has 20 heavy (non-hydrogen) atoms. The van der Waals surface area contributed by atoms with Gasteiger partial charge in [-0.15, -0.1) is 0 Å². The summed E-state index contributed by atoms with van der Waals surface area (Å²) in [7, 11) is -3.84. The zero-order valence-corrected chi connectivity index (χ0v) is 10.9. The number of sulfonamides is 1. The van der Waals surface area contributed by atoms with Crippen LogP contribution in [-0.4, -0.2) is 24.5 Å². The number of nitrogens with zero attached hydrogens (tertiary/aromatic N) is 2. The standard InChI is InChI=1S/C11H10N4O4S/c16-15(17)10-3-5-11(6-4-10)20(18,19)14-13-8-9-2-1-7-12-9/h1-8,12,14H/b13-8+. The van der Waals surface area contributed by atoms with Crippen LogP contribution in [0.15, 0.2) is 52.6 Å². The van der Waals surface area contributed by atoms with E-state index < -0.39 is 14.9 Å². The van der Waals surface area contributed by atoms with E-state index >= 15 is 0 Å². The Morgan fingerprint density at radius 3 is 2.50 bits per heavy atom. The molecule has 0 aliphatic rings. The first-order valence-electron chi connectivity index (χ1n) is 5.42. The smallest absolute Gasteiger partial charge is 0.276 e. The summed E-state index contributed by atoms with van der Waals surface area (Å²) in [6, 6.07) is 7.97. The fraction of sp³-hybridized carbons (Fsp3) is 0. The molecule has 0 saturated heterocycles. The predicted molar refractivity (Wildman–Crippen MR) is 71.8 cm³/mol. The number of hydrogen-bond donors (Lipinski definition) is 2. The maximum Gasteiger partial charge on any atom is 0.276 e. The highest BCUT2D eigenvalue weighted by molar-refractivity contribution is 7.89. The summed E-state index contributed by atoms with van der Waals surface area (Å²) in [5.41, 5.74) is 0.454. The molecule has 1 aromatic carbocycles. The van der Waals surface area contributed by atoms with Crippen molar-refractivity contribution in [1.82, 2.24) is 9.82 Å². The van der Waals surface area contributed by atoms with Crippen molar-refractivity contribution in [1.29, 1.82) is 0 Å². The number of nitro groups is 1. The molecule has 1 heterocycles. The van der Waals surface area contributed by atoms with E-state index in [1.165, 1.54) is 6.21 Å². The highest BCUT2D eigenvalue weighted by Crippen LogP contribution is 2.15. The maximum atomic E-state index is 11.8. The second-order valence-corrected chi connectivity index (χ2v) is 5.39. The van der Waals surface area contributed by atoms with Crippen LogP contribution < -0.4 is 4.83 Å². The second-order valence-electron chi connectivity index (χ2n) is 3.73. The third-order valence-corrected chi connectivity index (χ3v) is 3.59. The van der Waals surface area contributed by atoms with Crippen LogP contribution in [0.2, 0.25) is 0 Å². The molecule has 0 atom stereocenters. The quantitative estimate of drug-likeness (QED) is 0.490. The Morgan fingerprint density at radius 1 is 1.25 bits per heavy atom. The van der Waals surface area contributed by atoms with Crippen LogP contribution in [0.3, 0.4) is 0 Å². The van der Waals surface area contributed by atoms with Crippen molar-refractivity contribution >= 4 is 21.9 Å². The zero-order chi connectivity index (χ0) is 14.6. The minimum Gasteiger partial charge on any atom is -0.360 e. The molecule has 1 aromatic heterocycles. The first kappa shape index (κ1) is 13.7. The molecular weight excluding hydrogens is 284 g/mol. The van der Waals surface area contributed by atoms with Crippen LogP contribution in [0.4, 0.5) is 5.69 Å². The van der Waals surface area contributed by atoms with Crippen LogP contribution in [0.1, 0.15) is 5.69 Å². The molecule has 0 unspecified atom stereocenters. The number of nitro benzene ring substituents is 1. The van der Waals surface area contributed by atoms with Gasteiger partial charge in [0, 0.05) is 18.3 Å². The van der Waals surface area contributed by atoms with Gasteiger partial charge in [-0.2, -0.15) is 13.5 Å². The van der Waals surface area contributed by atoms with Crippen LogP contribution in [0, 0.1) is 10.1 Å². The van der Waals surface area contributed by atoms with Gasteiger partial charge >= 0.3 is 0 Å². The fourth-order valence-electron chi connectivity index (χ4n) is 1.39. The lowest BCUT2D eigenvalue weighted by atomic mass is 10.3. The Kier molecular flexibility index (Phi) is 3.80. The van der Waals surface area contributed by atoms with Crippen molar-refractivity contribution in [2.24, 2.45) is 5.10 Å². The van der Waals surface area contributed by atoms with Gasteiger partial charge in [0.2, 0.25) is 0 Å². The number of non-ortho nitro benzene ring substituents is 1. The van der Waals surface area contributed by atoms with E-state index in [1.807, 2.05) is 4.83 Å². The SMILES string of the molecule is O=[N+]([O-])c1ccc(S(=O)(=O)N/N=C/c2ccc[nH]2)cc1. The van der Waals surface area contributed by atoms with Gasteiger partial charge < -0.3 is 4.98 Å². The summed E-state index contributed by atoms with van der Waals surface area (Å²) in [6.45, 7) is 0. The molecule has 0 aliphatic carbocycles. The molecular formula is C11H10N4O4S. The third kappa shape index (κ3) is 3.20. The van der Waals surface area contributed by atoms with Crippen LogP contribution in [-0.2, 0) is 10.0 Å². The van der Waals surface area contributed by atoms with Gasteiger partial charge in [0.05, 0.1) is 21.7 Å². The van der Waals surface area contributed by atoms with E-state index in [1.54, 1.807) is 18.3 Å². The maximum absolute atomic E-state index is 11.8. The monoisotopic (exact) mass is 294 g/mol. The molecule has 0 fully saturated rings. The van der Waals surface area contributed by atoms with Gasteiger partial charge in [0.15, 0.2) is 0 Å². The number of nitrogens with one attached hydrogen (secondary N) is 2. The summed E-state index contributed by atoms with van der Waals surface area (Å²) in [6.07, 6.45) is 2.98. The molecule has 0 spiro atoms. The number of aromatic amines is 1. The zero-order valence-electron chi connectivity index (χ0n) is 10.1. The molecule has 2 N–H and O–H groups in total. The van der Waals surface area contributed by atoms with Crippen molar-refractivity contribution in [3.05, 3.63) is 58.4 Å². The van der Waals surface area contributed by atoms with E-state index in [2.05, 4.69) is 10.1 Å². The van der Waals surface area contributed by atoms with Crippen LogP contribution in [0.5, 0.6) is 0 Å². The van der Waals surface area contributed by atoms with E-state index in [0.717, 1.165) is 24.3 Å². The van der Waals surface area contributed by atoms with Gasteiger partial charge in [-0.25, -0.2) is 4.83 Å². The lowest BCUT2D eigenvalue weighted by Gasteiger charge is -2.02. The minimum atomic E-state index is -3.84. The predicted octanol–water partition coefficient (Wildman–Crippen LogP) is 1.24. The summed E-state index contributed by atoms with van der Waals surface area (Å²) in [5.74, 6) is 0. The second kappa shape index (κ2) is 5.53. The fourth-order valence-corrected chi connectivity index (χ4v) is 2.18. The van der Waals surface area contributed by atoms with E-state index in [0.29, 0.717) is 5.69 Å². The lowest BCUT2D eigenvalue weighted by Crippen LogP contribution is -2.18. The molecule has 104 valence electrons. The van der Waals surface area contributed by atoms with Gasteiger partial charge in [0.25, 0.3) is 15.7 Å². The minimum absolute atomic E-state index is 0.105. The van der Waals surface area contributed by atoms with E-state index in [4.69, 9.17) is 0 Å². The molecule has 0 saturated carbocycles. The summed E-state index contributed by atoms with van der Waals surface area (Å²) in [5, 5.41) is 14.1.